The molecule has 0 unspecified atom stereocenters. The van der Waals surface area contributed by atoms with Gasteiger partial charge in [0.25, 0.3) is 0 Å². The maximum atomic E-state index is 13.0. The van der Waals surface area contributed by atoms with Crippen LogP contribution in [-0.2, 0) is 25.6 Å². The average Bonchev–Trinajstić information content (AvgIpc) is 3.02. The fraction of sp³-hybridized carbons (Fsp3) is 0.632. The van der Waals surface area contributed by atoms with E-state index < -0.39 is 5.41 Å². The van der Waals surface area contributed by atoms with Crippen LogP contribution in [0.1, 0.15) is 25.8 Å². The Hall–Kier alpha value is -1.43. The molecule has 5 nitrogen and oxygen atoms in total. The molecule has 24 heavy (non-hydrogen) atoms. The van der Waals surface area contributed by atoms with Crippen LogP contribution in [0.2, 0.25) is 0 Å². The van der Waals surface area contributed by atoms with Crippen molar-refractivity contribution in [3.63, 3.8) is 0 Å². The number of carbonyl (C=O) groups is 1. The summed E-state index contributed by atoms with van der Waals surface area (Å²) < 4.78 is 17.2. The highest BCUT2D eigenvalue weighted by Gasteiger charge is 2.44. The molecule has 1 amide bonds. The maximum absolute atomic E-state index is 13.0. The molecule has 2 aliphatic rings. The minimum absolute atomic E-state index is 0.130. The topological polar surface area (TPSA) is 48.0 Å². The van der Waals surface area contributed by atoms with Crippen LogP contribution in [0.3, 0.4) is 0 Å². The maximum Gasteiger partial charge on any atom is 0.230 e. The highest BCUT2D eigenvalue weighted by atomic mass is 16.6. The van der Waals surface area contributed by atoms with Crippen LogP contribution in [0.25, 0.3) is 0 Å². The summed E-state index contributed by atoms with van der Waals surface area (Å²) >= 11 is 0. The number of morpholine rings is 1. The molecule has 0 saturated carbocycles. The first-order valence-corrected chi connectivity index (χ1v) is 8.64. The third kappa shape index (κ3) is 3.97. The molecule has 1 spiro atoms. The zero-order valence-corrected chi connectivity index (χ0v) is 14.6. The number of benzene rings is 1. The Balaban J connectivity index is 1.54. The van der Waals surface area contributed by atoms with E-state index >= 15 is 0 Å². The summed E-state index contributed by atoms with van der Waals surface area (Å²) in [4.78, 5) is 14.9. The molecule has 1 atom stereocenters. The zero-order chi connectivity index (χ0) is 17.0. The summed E-state index contributed by atoms with van der Waals surface area (Å²) in [6, 6.07) is 10.0. The van der Waals surface area contributed by atoms with Crippen molar-refractivity contribution >= 4 is 5.91 Å². The molecular weight excluding hydrogens is 306 g/mol. The van der Waals surface area contributed by atoms with Crippen molar-refractivity contribution in [3.8, 4) is 0 Å². The number of ether oxygens (including phenoxy) is 3. The second-order valence-electron chi connectivity index (χ2n) is 7.42. The van der Waals surface area contributed by atoms with E-state index in [9.17, 15) is 4.79 Å². The highest BCUT2D eigenvalue weighted by Crippen LogP contribution is 2.30. The van der Waals surface area contributed by atoms with E-state index in [4.69, 9.17) is 14.2 Å². The predicted octanol–water partition coefficient (Wildman–Crippen LogP) is 2.25. The summed E-state index contributed by atoms with van der Waals surface area (Å²) in [7, 11) is 0. The summed E-state index contributed by atoms with van der Waals surface area (Å²) in [6.45, 7) is 7.97. The standard InChI is InChI=1S/C19H27NO4/c1-18(2,14-23-12-16-6-4-3-5-7-16)17(21)20-9-11-24-19(13-20)8-10-22-15-19/h3-7H,8-15H2,1-2H3/t19-/m1/s1. The van der Waals surface area contributed by atoms with Crippen molar-refractivity contribution in [1.29, 1.82) is 0 Å². The molecule has 0 aliphatic carbocycles. The molecule has 2 heterocycles. The van der Waals surface area contributed by atoms with E-state index in [-0.39, 0.29) is 11.5 Å². The van der Waals surface area contributed by atoms with Gasteiger partial charge in [0.1, 0.15) is 5.60 Å². The third-order valence-corrected chi connectivity index (χ3v) is 4.76. The van der Waals surface area contributed by atoms with Gasteiger partial charge in [0.15, 0.2) is 0 Å². The van der Waals surface area contributed by atoms with Crippen LogP contribution in [0.15, 0.2) is 30.3 Å². The largest absolute Gasteiger partial charge is 0.378 e. The van der Waals surface area contributed by atoms with Crippen LogP contribution in [0.4, 0.5) is 0 Å². The summed E-state index contributed by atoms with van der Waals surface area (Å²) in [5.74, 6) is 0.130. The number of nitrogens with zero attached hydrogens (tertiary/aromatic N) is 1. The van der Waals surface area contributed by atoms with E-state index in [1.807, 2.05) is 49.1 Å². The van der Waals surface area contributed by atoms with Gasteiger partial charge in [-0.1, -0.05) is 30.3 Å². The van der Waals surface area contributed by atoms with Gasteiger partial charge in [-0.05, 0) is 19.4 Å². The van der Waals surface area contributed by atoms with Gasteiger partial charge < -0.3 is 19.1 Å². The normalized spacial score (nSPS) is 24.5. The second-order valence-corrected chi connectivity index (χ2v) is 7.42. The molecule has 1 aromatic carbocycles. The molecule has 1 aromatic rings. The third-order valence-electron chi connectivity index (χ3n) is 4.76. The molecule has 132 valence electrons. The van der Waals surface area contributed by atoms with E-state index in [0.717, 1.165) is 12.0 Å². The fourth-order valence-electron chi connectivity index (χ4n) is 3.33. The Labute approximate surface area is 143 Å². The van der Waals surface area contributed by atoms with Gasteiger partial charge in [-0.2, -0.15) is 0 Å². The van der Waals surface area contributed by atoms with Crippen LogP contribution in [0.5, 0.6) is 0 Å². The number of rotatable bonds is 5. The van der Waals surface area contributed by atoms with Crippen molar-refractivity contribution < 1.29 is 19.0 Å². The molecule has 0 N–H and O–H groups in total. The highest BCUT2D eigenvalue weighted by molar-refractivity contribution is 5.82. The van der Waals surface area contributed by atoms with Crippen molar-refractivity contribution in [3.05, 3.63) is 35.9 Å². The quantitative estimate of drug-likeness (QED) is 0.829. The lowest BCUT2D eigenvalue weighted by atomic mass is 9.91. The minimum Gasteiger partial charge on any atom is -0.378 e. The second kappa shape index (κ2) is 7.21. The molecule has 0 radical (unpaired) electrons. The van der Waals surface area contributed by atoms with Gasteiger partial charge in [0, 0.05) is 19.6 Å². The Morgan fingerprint density at radius 3 is 2.79 bits per heavy atom. The van der Waals surface area contributed by atoms with E-state index in [1.54, 1.807) is 0 Å². The lowest BCUT2D eigenvalue weighted by Crippen LogP contribution is -2.57. The molecule has 2 fully saturated rings. The van der Waals surface area contributed by atoms with Crippen molar-refractivity contribution in [2.75, 3.05) is 39.5 Å². The predicted molar refractivity (Wildman–Crippen MR) is 90.6 cm³/mol. The van der Waals surface area contributed by atoms with Gasteiger partial charge in [-0.25, -0.2) is 0 Å². The van der Waals surface area contributed by atoms with Crippen LogP contribution < -0.4 is 0 Å². The van der Waals surface area contributed by atoms with Gasteiger partial charge >= 0.3 is 0 Å². The van der Waals surface area contributed by atoms with Gasteiger partial charge in [-0.15, -0.1) is 0 Å². The summed E-state index contributed by atoms with van der Waals surface area (Å²) in [5.41, 5.74) is 0.274. The van der Waals surface area contributed by atoms with Gasteiger partial charge in [-0.3, -0.25) is 4.79 Å². The molecule has 2 aliphatic heterocycles. The Bertz CT molecular complexity index is 552. The minimum atomic E-state index is -0.549. The molecule has 5 heteroatoms. The van der Waals surface area contributed by atoms with Crippen molar-refractivity contribution in [2.45, 2.75) is 32.5 Å². The van der Waals surface area contributed by atoms with Gasteiger partial charge in [0.05, 0.1) is 38.4 Å². The summed E-state index contributed by atoms with van der Waals surface area (Å²) in [5, 5.41) is 0. The Morgan fingerprint density at radius 2 is 2.08 bits per heavy atom. The number of hydrogen-bond acceptors (Lipinski definition) is 4. The first-order valence-electron chi connectivity index (χ1n) is 8.64. The first-order chi connectivity index (χ1) is 11.5. The van der Waals surface area contributed by atoms with Crippen LogP contribution in [-0.4, -0.2) is 55.9 Å². The summed E-state index contributed by atoms with van der Waals surface area (Å²) in [6.07, 6.45) is 0.863. The lowest BCUT2D eigenvalue weighted by Gasteiger charge is -2.42. The van der Waals surface area contributed by atoms with Crippen LogP contribution in [0, 0.1) is 5.41 Å². The first kappa shape index (κ1) is 17.4. The SMILES string of the molecule is CC(C)(COCc1ccccc1)C(=O)N1CCO[C@]2(CCOC2)C1. The zero-order valence-electron chi connectivity index (χ0n) is 14.6. The smallest absolute Gasteiger partial charge is 0.230 e. The molecule has 0 aromatic heterocycles. The Kier molecular flexibility index (Phi) is 5.23. The Morgan fingerprint density at radius 1 is 1.29 bits per heavy atom. The van der Waals surface area contributed by atoms with E-state index in [1.165, 1.54) is 0 Å². The fourth-order valence-corrected chi connectivity index (χ4v) is 3.33. The molecule has 0 bridgehead atoms. The lowest BCUT2D eigenvalue weighted by molar-refractivity contribution is -0.161. The van der Waals surface area contributed by atoms with E-state index in [2.05, 4.69) is 0 Å². The number of amides is 1. The van der Waals surface area contributed by atoms with Crippen LogP contribution >= 0.6 is 0 Å². The number of carbonyl (C=O) groups excluding carboxylic acids is 1. The molecule has 3 rings (SSSR count). The average molecular weight is 333 g/mol. The van der Waals surface area contributed by atoms with Crippen molar-refractivity contribution in [2.24, 2.45) is 5.41 Å². The molecular formula is C19H27NO4. The van der Waals surface area contributed by atoms with Crippen molar-refractivity contribution in [1.82, 2.24) is 4.90 Å². The van der Waals surface area contributed by atoms with Gasteiger partial charge in [0.2, 0.25) is 5.91 Å². The number of hydrogen-bond donors (Lipinski definition) is 0. The molecule has 2 saturated heterocycles. The van der Waals surface area contributed by atoms with E-state index in [0.29, 0.717) is 46.1 Å². The monoisotopic (exact) mass is 333 g/mol.